The van der Waals surface area contributed by atoms with E-state index in [-0.39, 0.29) is 0 Å². The van der Waals surface area contributed by atoms with Gasteiger partial charge in [-0.1, -0.05) is 37.3 Å². The number of hydrogen-bond donors (Lipinski definition) is 2. The number of nitrogen functional groups attached to an aromatic ring is 1. The normalized spacial score (nSPS) is 10.7. The van der Waals surface area contributed by atoms with Gasteiger partial charge in [-0.3, -0.25) is 10.1 Å². The number of anilines is 1. The Morgan fingerprint density at radius 1 is 1.10 bits per heavy atom. The first-order valence-electron chi connectivity index (χ1n) is 6.63. The van der Waals surface area contributed by atoms with E-state index < -0.39 is 0 Å². The van der Waals surface area contributed by atoms with Crippen molar-refractivity contribution in [2.75, 3.05) is 5.73 Å². The lowest BCUT2D eigenvalue weighted by atomic mass is 10.0. The first kappa shape index (κ1) is 12.4. The van der Waals surface area contributed by atoms with Crippen molar-refractivity contribution in [2.45, 2.75) is 13.3 Å². The highest BCUT2D eigenvalue weighted by Crippen LogP contribution is 2.34. The van der Waals surface area contributed by atoms with Crippen LogP contribution in [0.5, 0.6) is 0 Å². The van der Waals surface area contributed by atoms with Gasteiger partial charge in [-0.15, -0.1) is 0 Å². The molecule has 0 saturated heterocycles. The van der Waals surface area contributed by atoms with Crippen molar-refractivity contribution >= 4 is 5.82 Å². The summed E-state index contributed by atoms with van der Waals surface area (Å²) in [4.78, 5) is 4.15. The zero-order chi connectivity index (χ0) is 13.9. The molecule has 0 fully saturated rings. The van der Waals surface area contributed by atoms with Crippen LogP contribution in [0.3, 0.4) is 0 Å². The lowest BCUT2D eigenvalue weighted by Gasteiger charge is -2.05. The van der Waals surface area contributed by atoms with Gasteiger partial charge in [0.1, 0.15) is 0 Å². The van der Waals surface area contributed by atoms with Crippen molar-refractivity contribution in [3.05, 3.63) is 54.4 Å². The Balaban J connectivity index is 2.11. The topological polar surface area (TPSA) is 67.6 Å². The second-order valence-corrected chi connectivity index (χ2v) is 4.65. The number of pyridine rings is 1. The molecule has 3 rings (SSSR count). The van der Waals surface area contributed by atoms with Gasteiger partial charge >= 0.3 is 0 Å². The second-order valence-electron chi connectivity index (χ2n) is 4.65. The lowest BCUT2D eigenvalue weighted by molar-refractivity contribution is 1.10. The van der Waals surface area contributed by atoms with Gasteiger partial charge in [0, 0.05) is 23.5 Å². The number of aromatic nitrogens is 3. The Morgan fingerprint density at radius 3 is 2.55 bits per heavy atom. The smallest absolute Gasteiger partial charge is 0.153 e. The van der Waals surface area contributed by atoms with Crippen molar-refractivity contribution in [3.8, 4) is 22.4 Å². The van der Waals surface area contributed by atoms with Crippen LogP contribution < -0.4 is 5.73 Å². The summed E-state index contributed by atoms with van der Waals surface area (Å²) in [6.07, 6.45) is 4.57. The zero-order valence-corrected chi connectivity index (χ0v) is 11.3. The van der Waals surface area contributed by atoms with Gasteiger partial charge < -0.3 is 5.73 Å². The van der Waals surface area contributed by atoms with E-state index >= 15 is 0 Å². The molecule has 100 valence electrons. The molecule has 0 amide bonds. The molecule has 3 aromatic rings. The summed E-state index contributed by atoms with van der Waals surface area (Å²) in [6.45, 7) is 2.14. The van der Waals surface area contributed by atoms with E-state index in [0.29, 0.717) is 5.82 Å². The number of nitrogens with two attached hydrogens (primary N) is 1. The van der Waals surface area contributed by atoms with E-state index in [1.807, 2.05) is 12.1 Å². The number of aryl methyl sites for hydroxylation is 1. The molecule has 0 atom stereocenters. The van der Waals surface area contributed by atoms with Gasteiger partial charge in [0.25, 0.3) is 0 Å². The Hall–Kier alpha value is -2.62. The van der Waals surface area contributed by atoms with Gasteiger partial charge in [-0.2, -0.15) is 5.10 Å². The van der Waals surface area contributed by atoms with Crippen LogP contribution in [0, 0.1) is 0 Å². The number of hydrogen-bond acceptors (Lipinski definition) is 3. The van der Waals surface area contributed by atoms with Gasteiger partial charge in [0.15, 0.2) is 5.82 Å². The van der Waals surface area contributed by atoms with Crippen molar-refractivity contribution in [1.82, 2.24) is 15.2 Å². The fraction of sp³-hybridized carbons (Fsp3) is 0.125. The number of rotatable bonds is 3. The highest BCUT2D eigenvalue weighted by Gasteiger charge is 2.14. The summed E-state index contributed by atoms with van der Waals surface area (Å²) in [5.41, 5.74) is 11.2. The first-order valence-corrected chi connectivity index (χ1v) is 6.63. The van der Waals surface area contributed by atoms with Crippen molar-refractivity contribution in [3.63, 3.8) is 0 Å². The molecular weight excluding hydrogens is 248 g/mol. The molecule has 0 aliphatic rings. The summed E-state index contributed by atoms with van der Waals surface area (Å²) in [6, 6.07) is 12.3. The first-order chi connectivity index (χ1) is 9.79. The molecular formula is C16H16N4. The van der Waals surface area contributed by atoms with Gasteiger partial charge in [-0.25, -0.2) is 0 Å². The Kier molecular flexibility index (Phi) is 3.21. The molecule has 4 nitrogen and oxygen atoms in total. The maximum absolute atomic E-state index is 6.00. The average molecular weight is 264 g/mol. The predicted molar refractivity (Wildman–Crippen MR) is 81.0 cm³/mol. The lowest BCUT2D eigenvalue weighted by Crippen LogP contribution is -1.89. The summed E-state index contributed by atoms with van der Waals surface area (Å²) < 4.78 is 0. The molecule has 3 N–H and O–H groups in total. The van der Waals surface area contributed by atoms with Crippen LogP contribution >= 0.6 is 0 Å². The van der Waals surface area contributed by atoms with Crippen molar-refractivity contribution in [1.29, 1.82) is 0 Å². The minimum atomic E-state index is 0.493. The van der Waals surface area contributed by atoms with Crippen LogP contribution in [0.25, 0.3) is 22.4 Å². The van der Waals surface area contributed by atoms with Crippen LogP contribution in [-0.2, 0) is 6.42 Å². The van der Waals surface area contributed by atoms with Crippen LogP contribution in [0.15, 0.2) is 48.8 Å². The third kappa shape index (κ3) is 2.16. The van der Waals surface area contributed by atoms with E-state index in [9.17, 15) is 0 Å². The van der Waals surface area contributed by atoms with Crippen molar-refractivity contribution < 1.29 is 0 Å². The quantitative estimate of drug-likeness (QED) is 0.762. The minimum absolute atomic E-state index is 0.493. The predicted octanol–water partition coefficient (Wildman–Crippen LogP) is 3.28. The molecule has 4 heteroatoms. The highest BCUT2D eigenvalue weighted by molar-refractivity contribution is 5.87. The SMILES string of the molecule is CCc1ccc(-c2[nH]nc(N)c2-c2cccnc2)cc1. The monoisotopic (exact) mass is 264 g/mol. The Morgan fingerprint density at radius 2 is 1.90 bits per heavy atom. The molecule has 2 aromatic heterocycles. The molecule has 2 heterocycles. The van der Waals surface area contributed by atoms with Crippen LogP contribution in [0.2, 0.25) is 0 Å². The zero-order valence-electron chi connectivity index (χ0n) is 11.3. The number of benzene rings is 1. The number of H-pyrrole nitrogens is 1. The third-order valence-corrected chi connectivity index (χ3v) is 3.40. The summed E-state index contributed by atoms with van der Waals surface area (Å²) >= 11 is 0. The van der Waals surface area contributed by atoms with E-state index in [0.717, 1.165) is 28.8 Å². The van der Waals surface area contributed by atoms with Crippen LogP contribution in [0.4, 0.5) is 5.82 Å². The van der Waals surface area contributed by atoms with E-state index in [4.69, 9.17) is 5.73 Å². The molecule has 0 saturated carbocycles. The number of nitrogens with zero attached hydrogens (tertiary/aromatic N) is 2. The van der Waals surface area contributed by atoms with Crippen LogP contribution in [-0.4, -0.2) is 15.2 Å². The van der Waals surface area contributed by atoms with E-state index in [1.165, 1.54) is 5.56 Å². The molecule has 0 aliphatic carbocycles. The highest BCUT2D eigenvalue weighted by atomic mass is 15.2. The third-order valence-electron chi connectivity index (χ3n) is 3.40. The van der Waals surface area contributed by atoms with Crippen LogP contribution in [0.1, 0.15) is 12.5 Å². The van der Waals surface area contributed by atoms with E-state index in [1.54, 1.807) is 12.4 Å². The maximum atomic E-state index is 6.00. The average Bonchev–Trinajstić information content (AvgIpc) is 2.90. The molecule has 1 aromatic carbocycles. The molecule has 0 radical (unpaired) electrons. The summed E-state index contributed by atoms with van der Waals surface area (Å²) in [5, 5.41) is 7.16. The Bertz CT molecular complexity index is 699. The molecule has 0 unspecified atom stereocenters. The molecule has 0 aliphatic heterocycles. The van der Waals surface area contributed by atoms with Gasteiger partial charge in [-0.05, 0) is 18.1 Å². The standard InChI is InChI=1S/C16H16N4/c1-2-11-5-7-12(8-6-11)15-14(16(17)20-19-15)13-4-3-9-18-10-13/h3-10H,2H2,1H3,(H3,17,19,20). The fourth-order valence-corrected chi connectivity index (χ4v) is 2.27. The van der Waals surface area contributed by atoms with Gasteiger partial charge in [0.2, 0.25) is 0 Å². The largest absolute Gasteiger partial charge is 0.382 e. The maximum Gasteiger partial charge on any atom is 0.153 e. The molecule has 0 spiro atoms. The summed E-state index contributed by atoms with van der Waals surface area (Å²) in [5.74, 6) is 0.493. The minimum Gasteiger partial charge on any atom is -0.382 e. The number of nitrogens with one attached hydrogen (secondary N) is 1. The fourth-order valence-electron chi connectivity index (χ4n) is 2.27. The molecule has 0 bridgehead atoms. The molecule has 20 heavy (non-hydrogen) atoms. The van der Waals surface area contributed by atoms with Crippen molar-refractivity contribution in [2.24, 2.45) is 0 Å². The van der Waals surface area contributed by atoms with E-state index in [2.05, 4.69) is 46.4 Å². The Labute approximate surface area is 117 Å². The van der Waals surface area contributed by atoms with Gasteiger partial charge in [0.05, 0.1) is 11.3 Å². The second kappa shape index (κ2) is 5.17. The number of aromatic amines is 1. The summed E-state index contributed by atoms with van der Waals surface area (Å²) in [7, 11) is 0.